The standard InChI is InChI=1S/C18H17Cl2N5O3/c19-11-4-3-9(7-12(11)20)21-16(27)10-8-13(26)22-15-14(10)17(28)24-18(23-15)25-5-1-2-6-25/h3-4,7,10H,1-2,5-6,8H2,(H,21,27)(H2,22,23,24,26,28)/t10-/m1/s1. The maximum Gasteiger partial charge on any atom is 0.258 e. The summed E-state index contributed by atoms with van der Waals surface area (Å²) >= 11 is 11.9. The van der Waals surface area contributed by atoms with Crippen LogP contribution in [0.1, 0.15) is 30.7 Å². The molecule has 2 aromatic rings. The number of aromatic nitrogens is 2. The summed E-state index contributed by atoms with van der Waals surface area (Å²) in [6.07, 6.45) is 1.89. The number of H-pyrrole nitrogens is 1. The highest BCUT2D eigenvalue weighted by Gasteiger charge is 2.35. The molecule has 1 atom stereocenters. The Labute approximate surface area is 170 Å². The molecule has 8 nitrogen and oxygen atoms in total. The van der Waals surface area contributed by atoms with Gasteiger partial charge < -0.3 is 15.5 Å². The van der Waals surface area contributed by atoms with Crippen LogP contribution in [-0.2, 0) is 9.59 Å². The summed E-state index contributed by atoms with van der Waals surface area (Å²) in [5, 5.41) is 5.95. The fourth-order valence-corrected chi connectivity index (χ4v) is 3.76. The van der Waals surface area contributed by atoms with E-state index in [0.717, 1.165) is 25.9 Å². The maximum absolute atomic E-state index is 12.8. The summed E-state index contributed by atoms with van der Waals surface area (Å²) in [7, 11) is 0. The minimum absolute atomic E-state index is 0.135. The molecule has 2 aliphatic rings. The molecule has 10 heteroatoms. The second-order valence-corrected chi connectivity index (χ2v) is 7.58. The first-order valence-corrected chi connectivity index (χ1v) is 9.63. The molecule has 3 heterocycles. The molecule has 1 aromatic heterocycles. The molecule has 2 amide bonds. The summed E-state index contributed by atoms with van der Waals surface area (Å²) in [6.45, 7) is 1.58. The van der Waals surface area contributed by atoms with Crippen molar-refractivity contribution >= 4 is 52.5 Å². The van der Waals surface area contributed by atoms with Crippen molar-refractivity contribution in [2.75, 3.05) is 28.6 Å². The molecular formula is C18H17Cl2N5O3. The zero-order valence-corrected chi connectivity index (χ0v) is 16.2. The van der Waals surface area contributed by atoms with Crippen LogP contribution < -0.4 is 21.1 Å². The van der Waals surface area contributed by atoms with Gasteiger partial charge in [-0.25, -0.2) is 0 Å². The Bertz CT molecular complexity index is 1020. The number of aromatic amines is 1. The van der Waals surface area contributed by atoms with E-state index in [1.54, 1.807) is 12.1 Å². The topological polar surface area (TPSA) is 107 Å². The molecule has 28 heavy (non-hydrogen) atoms. The Balaban J connectivity index is 1.65. The molecule has 4 rings (SSSR count). The van der Waals surface area contributed by atoms with Crippen LogP contribution in [0.5, 0.6) is 0 Å². The quantitative estimate of drug-likeness (QED) is 0.705. The SMILES string of the molecule is O=C1C[C@@H](C(=O)Nc2ccc(Cl)c(Cl)c2)c2c(nc(N3CCCC3)[nH]c2=O)N1. The molecule has 1 fully saturated rings. The highest BCUT2D eigenvalue weighted by atomic mass is 35.5. The first-order chi connectivity index (χ1) is 13.4. The van der Waals surface area contributed by atoms with E-state index < -0.39 is 17.4 Å². The third-order valence-corrected chi connectivity index (χ3v) is 5.59. The molecule has 0 unspecified atom stereocenters. The van der Waals surface area contributed by atoms with E-state index in [-0.39, 0.29) is 28.7 Å². The number of anilines is 3. The van der Waals surface area contributed by atoms with E-state index in [1.165, 1.54) is 6.07 Å². The highest BCUT2D eigenvalue weighted by molar-refractivity contribution is 6.42. The molecule has 0 saturated carbocycles. The fourth-order valence-electron chi connectivity index (χ4n) is 3.47. The van der Waals surface area contributed by atoms with E-state index in [2.05, 4.69) is 20.6 Å². The van der Waals surface area contributed by atoms with Crippen LogP contribution in [0.25, 0.3) is 0 Å². The number of rotatable bonds is 3. The van der Waals surface area contributed by atoms with Crippen molar-refractivity contribution in [3.8, 4) is 0 Å². The molecule has 0 radical (unpaired) electrons. The molecular weight excluding hydrogens is 405 g/mol. The van der Waals surface area contributed by atoms with Gasteiger partial charge in [0.05, 0.1) is 21.5 Å². The van der Waals surface area contributed by atoms with Crippen LogP contribution in [-0.4, -0.2) is 34.9 Å². The van der Waals surface area contributed by atoms with Crippen molar-refractivity contribution in [1.29, 1.82) is 0 Å². The van der Waals surface area contributed by atoms with Crippen LogP contribution in [0.2, 0.25) is 10.0 Å². The van der Waals surface area contributed by atoms with Crippen LogP contribution in [0, 0.1) is 0 Å². The number of carbonyl (C=O) groups is 2. The van der Waals surface area contributed by atoms with Gasteiger partial charge in [-0.15, -0.1) is 0 Å². The zero-order valence-electron chi connectivity index (χ0n) is 14.7. The minimum atomic E-state index is -0.956. The molecule has 146 valence electrons. The fraction of sp³-hybridized carbons (Fsp3) is 0.333. The summed E-state index contributed by atoms with van der Waals surface area (Å²) in [5.74, 6) is -1.27. The Morgan fingerprint density at radius 1 is 1.18 bits per heavy atom. The van der Waals surface area contributed by atoms with Crippen molar-refractivity contribution in [1.82, 2.24) is 9.97 Å². The van der Waals surface area contributed by atoms with Gasteiger partial charge in [0.2, 0.25) is 17.8 Å². The molecule has 0 bridgehead atoms. The smallest absolute Gasteiger partial charge is 0.258 e. The van der Waals surface area contributed by atoms with Gasteiger partial charge in [0.15, 0.2) is 0 Å². The molecule has 0 aliphatic carbocycles. The molecule has 3 N–H and O–H groups in total. The average Bonchev–Trinajstić information content (AvgIpc) is 3.18. The first kappa shape index (κ1) is 18.8. The maximum atomic E-state index is 12.8. The number of halogens is 2. The van der Waals surface area contributed by atoms with Crippen molar-refractivity contribution in [3.05, 3.63) is 44.2 Å². The lowest BCUT2D eigenvalue weighted by Crippen LogP contribution is -2.37. The zero-order chi connectivity index (χ0) is 19.8. The average molecular weight is 422 g/mol. The minimum Gasteiger partial charge on any atom is -0.342 e. The molecule has 1 aromatic carbocycles. The predicted octanol–water partition coefficient (Wildman–Crippen LogP) is 2.74. The second-order valence-electron chi connectivity index (χ2n) is 6.77. The number of nitrogens with one attached hydrogen (secondary N) is 3. The van der Waals surface area contributed by atoms with Crippen molar-refractivity contribution in [3.63, 3.8) is 0 Å². The Hall–Kier alpha value is -2.58. The molecule has 0 spiro atoms. The van der Waals surface area contributed by atoms with E-state index in [4.69, 9.17) is 23.2 Å². The van der Waals surface area contributed by atoms with Gasteiger partial charge in [-0.05, 0) is 31.0 Å². The van der Waals surface area contributed by atoms with Crippen molar-refractivity contribution in [2.45, 2.75) is 25.2 Å². The second kappa shape index (κ2) is 7.44. The van der Waals surface area contributed by atoms with Gasteiger partial charge in [0, 0.05) is 25.2 Å². The van der Waals surface area contributed by atoms with E-state index in [1.807, 2.05) is 4.90 Å². The first-order valence-electron chi connectivity index (χ1n) is 8.87. The van der Waals surface area contributed by atoms with Gasteiger partial charge in [-0.3, -0.25) is 19.4 Å². The van der Waals surface area contributed by atoms with Crippen molar-refractivity contribution < 1.29 is 9.59 Å². The van der Waals surface area contributed by atoms with Crippen molar-refractivity contribution in [2.24, 2.45) is 0 Å². The lowest BCUT2D eigenvalue weighted by molar-refractivity contribution is -0.123. The van der Waals surface area contributed by atoms with Gasteiger partial charge >= 0.3 is 0 Å². The van der Waals surface area contributed by atoms with Crippen LogP contribution in [0.4, 0.5) is 17.5 Å². The third kappa shape index (κ3) is 3.57. The number of carbonyl (C=O) groups excluding carboxylic acids is 2. The number of hydrogen-bond acceptors (Lipinski definition) is 5. The van der Waals surface area contributed by atoms with Gasteiger partial charge in [-0.2, -0.15) is 4.98 Å². The third-order valence-electron chi connectivity index (χ3n) is 4.85. The Morgan fingerprint density at radius 3 is 2.64 bits per heavy atom. The number of hydrogen-bond donors (Lipinski definition) is 3. The van der Waals surface area contributed by atoms with Gasteiger partial charge in [0.1, 0.15) is 5.82 Å². The summed E-state index contributed by atoms with van der Waals surface area (Å²) < 4.78 is 0. The summed E-state index contributed by atoms with van der Waals surface area (Å²) in [5.41, 5.74) is 0.145. The molecule has 1 saturated heterocycles. The molecule has 2 aliphatic heterocycles. The van der Waals surface area contributed by atoms with E-state index >= 15 is 0 Å². The largest absolute Gasteiger partial charge is 0.342 e. The van der Waals surface area contributed by atoms with Crippen LogP contribution >= 0.6 is 23.2 Å². The van der Waals surface area contributed by atoms with Gasteiger partial charge in [-0.1, -0.05) is 23.2 Å². The van der Waals surface area contributed by atoms with Crippen LogP contribution in [0.15, 0.2) is 23.0 Å². The lowest BCUT2D eigenvalue weighted by Gasteiger charge is -2.25. The normalized spacial score (nSPS) is 18.6. The summed E-state index contributed by atoms with van der Waals surface area (Å²) in [6, 6.07) is 4.65. The number of benzene rings is 1. The number of nitrogens with zero attached hydrogens (tertiary/aromatic N) is 2. The Morgan fingerprint density at radius 2 is 1.93 bits per heavy atom. The van der Waals surface area contributed by atoms with Gasteiger partial charge in [0.25, 0.3) is 5.56 Å². The van der Waals surface area contributed by atoms with E-state index in [9.17, 15) is 14.4 Å². The number of fused-ring (bicyclic) bond motifs is 1. The van der Waals surface area contributed by atoms with Crippen LogP contribution in [0.3, 0.4) is 0 Å². The lowest BCUT2D eigenvalue weighted by atomic mass is 9.92. The monoisotopic (exact) mass is 421 g/mol. The number of amides is 2. The van der Waals surface area contributed by atoms with E-state index in [0.29, 0.717) is 16.7 Å². The summed E-state index contributed by atoms with van der Waals surface area (Å²) in [4.78, 5) is 46.8. The Kier molecular flexibility index (Phi) is 4.99. The predicted molar refractivity (Wildman–Crippen MR) is 107 cm³/mol. The highest BCUT2D eigenvalue weighted by Crippen LogP contribution is 2.31.